The lowest BCUT2D eigenvalue weighted by Crippen LogP contribution is -2.59. The highest BCUT2D eigenvalue weighted by atomic mass is 32.1. The van der Waals surface area contributed by atoms with E-state index in [0.717, 1.165) is 42.6 Å². The lowest BCUT2D eigenvalue weighted by Gasteiger charge is -2.39. The van der Waals surface area contributed by atoms with Crippen LogP contribution < -0.4 is 10.6 Å². The highest BCUT2D eigenvalue weighted by Gasteiger charge is 2.39. The quantitative estimate of drug-likeness (QED) is 0.0837. The Kier molecular flexibility index (Phi) is 19.1. The predicted octanol–water partition coefficient (Wildman–Crippen LogP) is 5.87. The Hall–Kier alpha value is -4.17. The van der Waals surface area contributed by atoms with E-state index in [1.807, 2.05) is 76.9 Å². The third kappa shape index (κ3) is 14.1. The molecule has 0 saturated carbocycles. The van der Waals surface area contributed by atoms with Gasteiger partial charge in [0, 0.05) is 43.1 Å². The molecule has 0 bridgehead atoms. The van der Waals surface area contributed by atoms with E-state index in [4.69, 9.17) is 9.47 Å². The van der Waals surface area contributed by atoms with E-state index < -0.39 is 41.9 Å². The number of nitrogens with zero attached hydrogens (tertiary/aromatic N) is 3. The third-order valence-corrected chi connectivity index (χ3v) is 11.4. The van der Waals surface area contributed by atoms with E-state index in [0.29, 0.717) is 37.1 Å². The maximum absolute atomic E-state index is 14.7. The van der Waals surface area contributed by atoms with Crippen molar-refractivity contribution in [3.8, 4) is 0 Å². The maximum Gasteiger partial charge on any atom is 0.307 e. The van der Waals surface area contributed by atoms with E-state index >= 15 is 0 Å². The van der Waals surface area contributed by atoms with Crippen LogP contribution in [0, 0.1) is 17.8 Å². The topological polar surface area (TPSA) is 164 Å². The normalized spacial score (nSPS) is 17.8. The highest BCUT2D eigenvalue weighted by molar-refractivity contribution is 7.09. The number of hydrogen-bond acceptors (Lipinski definition) is 11. The summed E-state index contributed by atoms with van der Waals surface area (Å²) in [6.07, 6.45) is 4.94. The number of esters is 2. The molecule has 1 aromatic carbocycles. The van der Waals surface area contributed by atoms with Crippen LogP contribution in [0.1, 0.15) is 127 Å². The molecule has 310 valence electrons. The first-order valence-electron chi connectivity index (χ1n) is 20.1. The molecule has 1 unspecified atom stereocenters. The van der Waals surface area contributed by atoms with Gasteiger partial charge in [-0.3, -0.25) is 28.9 Å². The molecule has 0 spiro atoms. The van der Waals surface area contributed by atoms with Gasteiger partial charge in [-0.25, -0.2) is 4.98 Å². The number of likely N-dealkylation sites (tertiary alicyclic amines) is 1. The van der Waals surface area contributed by atoms with Crippen molar-refractivity contribution in [2.24, 2.45) is 17.8 Å². The minimum absolute atomic E-state index is 0.0862. The minimum Gasteiger partial charge on any atom is -0.455 e. The zero-order chi connectivity index (χ0) is 41.4. The van der Waals surface area contributed by atoms with Crippen molar-refractivity contribution < 1.29 is 38.2 Å². The summed E-state index contributed by atoms with van der Waals surface area (Å²) in [6.45, 7) is 13.1. The molecule has 13 nitrogen and oxygen atoms in total. The van der Waals surface area contributed by atoms with E-state index in [1.54, 1.807) is 12.3 Å². The fourth-order valence-electron chi connectivity index (χ4n) is 7.03. The number of likely N-dealkylation sites (N-methyl/N-ethyl adjacent to an activating group) is 1. The first kappa shape index (κ1) is 46.2. The molecular weight excluding hydrogens is 735 g/mol. The number of ether oxygens (including phenoxy) is 2. The maximum atomic E-state index is 14.7. The third-order valence-electron chi connectivity index (χ3n) is 10.5. The van der Waals surface area contributed by atoms with Gasteiger partial charge in [0.25, 0.3) is 5.91 Å². The molecule has 1 saturated heterocycles. The molecule has 1 aromatic heterocycles. The molecule has 7 atom stereocenters. The van der Waals surface area contributed by atoms with Crippen LogP contribution in [0.2, 0.25) is 0 Å². The number of piperidine rings is 1. The molecule has 0 aliphatic carbocycles. The Balaban J connectivity index is 1.94. The molecule has 56 heavy (non-hydrogen) atoms. The fourth-order valence-corrected chi connectivity index (χ4v) is 7.87. The molecule has 2 aromatic rings. The number of hydrogen-bond donors (Lipinski definition) is 2. The van der Waals surface area contributed by atoms with Crippen molar-refractivity contribution >= 4 is 47.3 Å². The SMILES string of the molecule is CCCC(=O)OCN(C(=O)[C@@H](NC(=O)[C@H]1CCCCN1C)C(C)CC)[C@H](C[C@@H](OC(C)=O)c1nc(C(=O)N[C@@H](Cc2ccccc2)C[C@H](C)C=O)cs1)C(C)C. The van der Waals surface area contributed by atoms with Gasteiger partial charge < -0.3 is 29.8 Å². The zero-order valence-corrected chi connectivity index (χ0v) is 35.3. The first-order chi connectivity index (χ1) is 26.7. The number of aromatic nitrogens is 1. The Morgan fingerprint density at radius 1 is 1.04 bits per heavy atom. The summed E-state index contributed by atoms with van der Waals surface area (Å²) in [5, 5.41) is 8.06. The number of carbonyl (C=O) groups is 6. The second kappa shape index (κ2) is 23.2. The molecule has 14 heteroatoms. The van der Waals surface area contributed by atoms with Crippen molar-refractivity contribution in [1.29, 1.82) is 0 Å². The lowest BCUT2D eigenvalue weighted by atomic mass is 9.92. The second-order valence-corrected chi connectivity index (χ2v) is 16.4. The van der Waals surface area contributed by atoms with Crippen molar-refractivity contribution in [2.75, 3.05) is 20.3 Å². The Morgan fingerprint density at radius 2 is 1.75 bits per heavy atom. The van der Waals surface area contributed by atoms with Crippen LogP contribution in [-0.4, -0.2) is 95.2 Å². The van der Waals surface area contributed by atoms with E-state index in [2.05, 4.69) is 15.6 Å². The molecule has 0 radical (unpaired) electrons. The van der Waals surface area contributed by atoms with Gasteiger partial charge >= 0.3 is 11.9 Å². The number of amides is 3. The minimum atomic E-state index is -0.948. The summed E-state index contributed by atoms with van der Waals surface area (Å²) in [6, 6.07) is 7.46. The molecule has 3 rings (SSSR count). The second-order valence-electron chi connectivity index (χ2n) is 15.5. The van der Waals surface area contributed by atoms with Crippen molar-refractivity contribution in [3.05, 3.63) is 52.0 Å². The predicted molar refractivity (Wildman–Crippen MR) is 215 cm³/mol. The van der Waals surface area contributed by atoms with Gasteiger partial charge in [0.1, 0.15) is 23.0 Å². The molecule has 1 aliphatic heterocycles. The Labute approximate surface area is 336 Å². The van der Waals surface area contributed by atoms with Crippen LogP contribution in [0.3, 0.4) is 0 Å². The molecular formula is C42H63N5O8S. The van der Waals surface area contributed by atoms with Crippen LogP contribution in [0.5, 0.6) is 0 Å². The molecule has 3 amide bonds. The molecule has 2 N–H and O–H groups in total. The summed E-state index contributed by atoms with van der Waals surface area (Å²) in [5.41, 5.74) is 1.15. The average Bonchev–Trinajstić information content (AvgIpc) is 3.67. The van der Waals surface area contributed by atoms with E-state index in [9.17, 15) is 28.8 Å². The molecule has 1 fully saturated rings. The van der Waals surface area contributed by atoms with Crippen molar-refractivity contribution in [2.45, 2.75) is 137 Å². The Morgan fingerprint density at radius 3 is 2.36 bits per heavy atom. The molecule has 2 heterocycles. The zero-order valence-electron chi connectivity index (χ0n) is 34.5. The van der Waals surface area contributed by atoms with Gasteiger partial charge in [0.15, 0.2) is 12.8 Å². The monoisotopic (exact) mass is 797 g/mol. The summed E-state index contributed by atoms with van der Waals surface area (Å²) >= 11 is 1.16. The van der Waals surface area contributed by atoms with Crippen molar-refractivity contribution in [3.63, 3.8) is 0 Å². The number of nitrogens with one attached hydrogen (secondary N) is 2. The van der Waals surface area contributed by atoms with Crippen LogP contribution in [0.15, 0.2) is 35.7 Å². The number of carbonyl (C=O) groups excluding carboxylic acids is 6. The van der Waals surface area contributed by atoms with Gasteiger partial charge in [-0.1, -0.05) is 84.7 Å². The van der Waals surface area contributed by atoms with E-state index in [-0.39, 0.29) is 61.0 Å². The first-order valence-corrected chi connectivity index (χ1v) is 21.0. The fraction of sp³-hybridized carbons (Fsp3) is 0.643. The number of benzene rings is 1. The highest BCUT2D eigenvalue weighted by Crippen LogP contribution is 2.32. The summed E-state index contributed by atoms with van der Waals surface area (Å²) < 4.78 is 11.5. The van der Waals surface area contributed by atoms with Gasteiger partial charge in [-0.05, 0) is 63.1 Å². The summed E-state index contributed by atoms with van der Waals surface area (Å²) in [4.78, 5) is 86.9. The largest absolute Gasteiger partial charge is 0.455 e. The van der Waals surface area contributed by atoms with Crippen LogP contribution in [0.4, 0.5) is 0 Å². The van der Waals surface area contributed by atoms with Crippen LogP contribution in [0.25, 0.3) is 0 Å². The standard InChI is InChI=1S/C42H63N5O8S/c1-9-16-37(50)54-26-47(42(53)38(29(6)10-2)45-40(52)34-19-14-15-20-46(34)8)35(27(3)4)23-36(55-30(7)49)41-44-33(25-56-41)39(51)43-32(21-28(5)24-48)22-31-17-12-11-13-18-31/h11-13,17-18,24-25,27-29,32,34-36,38H,9-10,14-16,19-23,26H2,1-8H3,(H,43,51)(H,45,52)/t28-,29?,32+,34+,35+,36+,38-/m0/s1. The van der Waals surface area contributed by atoms with Crippen LogP contribution >= 0.6 is 11.3 Å². The van der Waals surface area contributed by atoms with Gasteiger partial charge in [0.05, 0.1) is 6.04 Å². The number of thiazole rings is 1. The summed E-state index contributed by atoms with van der Waals surface area (Å²) in [7, 11) is 1.91. The number of aldehydes is 1. The average molecular weight is 798 g/mol. The lowest BCUT2D eigenvalue weighted by molar-refractivity contribution is -0.160. The number of rotatable bonds is 22. The van der Waals surface area contributed by atoms with Crippen molar-refractivity contribution in [1.82, 2.24) is 25.4 Å². The smallest absolute Gasteiger partial charge is 0.307 e. The van der Waals surface area contributed by atoms with Gasteiger partial charge in [-0.15, -0.1) is 11.3 Å². The molecule has 1 aliphatic rings. The van der Waals surface area contributed by atoms with Crippen LogP contribution in [-0.2, 0) is 39.9 Å². The van der Waals surface area contributed by atoms with E-state index in [1.165, 1.54) is 11.8 Å². The Bertz CT molecular complexity index is 1590. The summed E-state index contributed by atoms with van der Waals surface area (Å²) in [5.74, 6) is -2.81. The van der Waals surface area contributed by atoms with Gasteiger partial charge in [-0.2, -0.15) is 0 Å². The van der Waals surface area contributed by atoms with Gasteiger partial charge in [0.2, 0.25) is 11.8 Å².